The SMILES string of the molecule is O=C(CN1CCCCCC1=O)NCc1ccncc1Br. The van der Waals surface area contributed by atoms with Crippen molar-refractivity contribution in [2.24, 2.45) is 0 Å². The number of carbonyl (C=O) groups is 2. The van der Waals surface area contributed by atoms with Gasteiger partial charge in [0.05, 0.1) is 6.54 Å². The van der Waals surface area contributed by atoms with Gasteiger partial charge in [0.2, 0.25) is 11.8 Å². The third kappa shape index (κ3) is 4.30. The van der Waals surface area contributed by atoms with Gasteiger partial charge in [0.25, 0.3) is 0 Å². The van der Waals surface area contributed by atoms with E-state index >= 15 is 0 Å². The Balaban J connectivity index is 1.83. The molecule has 1 aliphatic heterocycles. The molecule has 20 heavy (non-hydrogen) atoms. The molecule has 2 rings (SSSR count). The summed E-state index contributed by atoms with van der Waals surface area (Å²) in [6.45, 7) is 1.27. The smallest absolute Gasteiger partial charge is 0.239 e. The van der Waals surface area contributed by atoms with Gasteiger partial charge in [-0.3, -0.25) is 14.6 Å². The zero-order valence-corrected chi connectivity index (χ0v) is 12.9. The number of aromatic nitrogens is 1. The molecule has 1 aromatic rings. The summed E-state index contributed by atoms with van der Waals surface area (Å²) in [4.78, 5) is 29.4. The third-order valence-corrected chi connectivity index (χ3v) is 4.05. The van der Waals surface area contributed by atoms with E-state index in [1.807, 2.05) is 6.07 Å². The molecule has 1 N–H and O–H groups in total. The van der Waals surface area contributed by atoms with Gasteiger partial charge in [-0.25, -0.2) is 0 Å². The first kappa shape index (κ1) is 15.0. The molecule has 0 spiro atoms. The predicted octanol–water partition coefficient (Wildman–Crippen LogP) is 1.86. The maximum Gasteiger partial charge on any atom is 0.239 e. The van der Waals surface area contributed by atoms with Crippen molar-refractivity contribution in [3.05, 3.63) is 28.5 Å². The van der Waals surface area contributed by atoms with Gasteiger partial charge in [0.15, 0.2) is 0 Å². The van der Waals surface area contributed by atoms with Gasteiger partial charge in [0.1, 0.15) is 0 Å². The number of rotatable bonds is 4. The van der Waals surface area contributed by atoms with Crippen molar-refractivity contribution in [2.75, 3.05) is 13.1 Å². The molecular formula is C14H18BrN3O2. The lowest BCUT2D eigenvalue weighted by Crippen LogP contribution is -2.40. The Morgan fingerprint density at radius 2 is 2.25 bits per heavy atom. The summed E-state index contributed by atoms with van der Waals surface area (Å²) >= 11 is 3.39. The van der Waals surface area contributed by atoms with Gasteiger partial charge in [-0.2, -0.15) is 0 Å². The van der Waals surface area contributed by atoms with E-state index in [0.29, 0.717) is 19.5 Å². The number of nitrogens with zero attached hydrogens (tertiary/aromatic N) is 2. The molecule has 0 unspecified atom stereocenters. The van der Waals surface area contributed by atoms with Crippen molar-refractivity contribution >= 4 is 27.7 Å². The summed E-state index contributed by atoms with van der Waals surface area (Å²) in [6.07, 6.45) is 6.91. The average Bonchev–Trinajstić information content (AvgIpc) is 2.63. The lowest BCUT2D eigenvalue weighted by Gasteiger charge is -2.19. The van der Waals surface area contributed by atoms with Gasteiger partial charge in [-0.05, 0) is 40.4 Å². The first-order valence-electron chi connectivity index (χ1n) is 6.79. The van der Waals surface area contributed by atoms with E-state index < -0.39 is 0 Å². The number of hydrogen-bond donors (Lipinski definition) is 1. The van der Waals surface area contributed by atoms with E-state index in [4.69, 9.17) is 0 Å². The summed E-state index contributed by atoms with van der Waals surface area (Å²) in [5, 5.41) is 2.84. The highest BCUT2D eigenvalue weighted by molar-refractivity contribution is 9.10. The second-order valence-corrected chi connectivity index (χ2v) is 5.72. The molecule has 6 heteroatoms. The van der Waals surface area contributed by atoms with Crippen molar-refractivity contribution in [3.63, 3.8) is 0 Å². The molecule has 1 saturated heterocycles. The third-order valence-electron chi connectivity index (χ3n) is 3.34. The highest BCUT2D eigenvalue weighted by Crippen LogP contribution is 2.14. The lowest BCUT2D eigenvalue weighted by atomic mass is 10.2. The molecule has 1 fully saturated rings. The minimum absolute atomic E-state index is 0.0859. The molecule has 0 aliphatic carbocycles. The Labute approximate surface area is 126 Å². The summed E-state index contributed by atoms with van der Waals surface area (Å²) in [6, 6.07) is 1.85. The van der Waals surface area contributed by atoms with Gasteiger partial charge in [-0.1, -0.05) is 6.42 Å². The molecule has 0 atom stereocenters. The predicted molar refractivity (Wildman–Crippen MR) is 78.8 cm³/mol. The molecule has 1 aromatic heterocycles. The maximum atomic E-state index is 11.9. The van der Waals surface area contributed by atoms with Crippen molar-refractivity contribution in [1.82, 2.24) is 15.2 Å². The minimum Gasteiger partial charge on any atom is -0.350 e. The molecule has 2 heterocycles. The lowest BCUT2D eigenvalue weighted by molar-refractivity contribution is -0.135. The standard InChI is InChI=1S/C14H18BrN3O2/c15-12-9-16-6-5-11(12)8-17-13(19)10-18-7-3-1-2-4-14(18)20/h5-6,9H,1-4,7-8,10H2,(H,17,19). The largest absolute Gasteiger partial charge is 0.350 e. The minimum atomic E-state index is -0.121. The van der Waals surface area contributed by atoms with Crippen LogP contribution >= 0.6 is 15.9 Å². The van der Waals surface area contributed by atoms with E-state index in [1.54, 1.807) is 17.3 Å². The molecule has 108 valence electrons. The van der Waals surface area contributed by atoms with Crippen LogP contribution in [0.4, 0.5) is 0 Å². The van der Waals surface area contributed by atoms with Crippen LogP contribution in [0.3, 0.4) is 0 Å². The first-order valence-corrected chi connectivity index (χ1v) is 7.59. The fraction of sp³-hybridized carbons (Fsp3) is 0.500. The quantitative estimate of drug-likeness (QED) is 0.910. The number of carbonyl (C=O) groups excluding carboxylic acids is 2. The Morgan fingerprint density at radius 3 is 3.05 bits per heavy atom. The van der Waals surface area contributed by atoms with Gasteiger partial charge < -0.3 is 10.2 Å². The van der Waals surface area contributed by atoms with Crippen LogP contribution in [0, 0.1) is 0 Å². The summed E-state index contributed by atoms with van der Waals surface area (Å²) < 4.78 is 0.867. The Hall–Kier alpha value is -1.43. The van der Waals surface area contributed by atoms with E-state index in [-0.39, 0.29) is 18.4 Å². The van der Waals surface area contributed by atoms with Crippen LogP contribution in [0.5, 0.6) is 0 Å². The van der Waals surface area contributed by atoms with Crippen molar-refractivity contribution in [1.29, 1.82) is 0 Å². The second kappa shape index (κ2) is 7.38. The Morgan fingerprint density at radius 1 is 1.40 bits per heavy atom. The molecule has 2 amide bonds. The Kier molecular flexibility index (Phi) is 5.52. The number of likely N-dealkylation sites (tertiary alicyclic amines) is 1. The van der Waals surface area contributed by atoms with Crippen LogP contribution in [0.25, 0.3) is 0 Å². The topological polar surface area (TPSA) is 62.3 Å². The number of amides is 2. The average molecular weight is 340 g/mol. The number of hydrogen-bond acceptors (Lipinski definition) is 3. The second-order valence-electron chi connectivity index (χ2n) is 4.87. The van der Waals surface area contributed by atoms with Gasteiger partial charge in [0, 0.05) is 36.4 Å². The molecule has 5 nitrogen and oxygen atoms in total. The van der Waals surface area contributed by atoms with E-state index in [1.165, 1.54) is 0 Å². The zero-order chi connectivity index (χ0) is 14.4. The van der Waals surface area contributed by atoms with Crippen LogP contribution in [0.15, 0.2) is 22.9 Å². The molecular weight excluding hydrogens is 322 g/mol. The van der Waals surface area contributed by atoms with E-state index in [2.05, 4.69) is 26.2 Å². The zero-order valence-electron chi connectivity index (χ0n) is 11.3. The highest BCUT2D eigenvalue weighted by Gasteiger charge is 2.18. The fourth-order valence-electron chi connectivity index (χ4n) is 2.18. The molecule has 1 aliphatic rings. The highest BCUT2D eigenvalue weighted by atomic mass is 79.9. The maximum absolute atomic E-state index is 11.9. The number of nitrogens with one attached hydrogen (secondary N) is 1. The van der Waals surface area contributed by atoms with E-state index in [9.17, 15) is 9.59 Å². The van der Waals surface area contributed by atoms with Crippen LogP contribution in [0.1, 0.15) is 31.2 Å². The summed E-state index contributed by atoms with van der Waals surface area (Å²) in [5.41, 5.74) is 0.968. The van der Waals surface area contributed by atoms with Crippen LogP contribution in [-0.4, -0.2) is 34.8 Å². The van der Waals surface area contributed by atoms with Crippen LogP contribution < -0.4 is 5.32 Å². The van der Waals surface area contributed by atoms with E-state index in [0.717, 1.165) is 29.3 Å². The number of pyridine rings is 1. The normalized spacial score (nSPS) is 15.8. The molecule has 0 radical (unpaired) electrons. The van der Waals surface area contributed by atoms with Gasteiger partial charge in [-0.15, -0.1) is 0 Å². The Bertz CT molecular complexity index is 493. The molecule has 0 bridgehead atoms. The van der Waals surface area contributed by atoms with Crippen molar-refractivity contribution in [2.45, 2.75) is 32.2 Å². The monoisotopic (exact) mass is 339 g/mol. The summed E-state index contributed by atoms with van der Waals surface area (Å²) in [7, 11) is 0. The fourth-order valence-corrected chi connectivity index (χ4v) is 2.57. The molecule has 0 aromatic carbocycles. The molecule has 0 saturated carbocycles. The van der Waals surface area contributed by atoms with Gasteiger partial charge >= 0.3 is 0 Å². The van der Waals surface area contributed by atoms with Crippen molar-refractivity contribution in [3.8, 4) is 0 Å². The number of halogens is 1. The van der Waals surface area contributed by atoms with Crippen molar-refractivity contribution < 1.29 is 9.59 Å². The summed E-state index contributed by atoms with van der Waals surface area (Å²) in [5.74, 6) is -0.0355. The van der Waals surface area contributed by atoms with Crippen LogP contribution in [-0.2, 0) is 16.1 Å². The van der Waals surface area contributed by atoms with Crippen LogP contribution in [0.2, 0.25) is 0 Å². The first-order chi connectivity index (χ1) is 9.66.